The maximum Gasteiger partial charge on any atom is 0.400 e. The lowest BCUT2D eigenvalue weighted by Crippen LogP contribution is -2.29. The third-order valence-corrected chi connectivity index (χ3v) is 2.56. The van der Waals surface area contributed by atoms with Crippen LogP contribution in [0.25, 0.3) is 0 Å². The van der Waals surface area contributed by atoms with Crippen molar-refractivity contribution in [3.05, 3.63) is 29.8 Å². The van der Waals surface area contributed by atoms with Gasteiger partial charge in [-0.05, 0) is 24.1 Å². The van der Waals surface area contributed by atoms with Crippen LogP contribution in [0.5, 0.6) is 5.75 Å². The summed E-state index contributed by atoms with van der Waals surface area (Å²) in [7, 11) is -4.42. The molecule has 7 heteroatoms. The number of hydrogen-bond acceptors (Lipinski definition) is 3. The fourth-order valence-electron chi connectivity index (χ4n) is 1.23. The van der Waals surface area contributed by atoms with Crippen LogP contribution in [0, 0.1) is 0 Å². The van der Waals surface area contributed by atoms with E-state index >= 15 is 0 Å². The van der Waals surface area contributed by atoms with Gasteiger partial charge >= 0.3 is 7.75 Å². The summed E-state index contributed by atoms with van der Waals surface area (Å²) in [6.45, 7) is 0. The summed E-state index contributed by atoms with van der Waals surface area (Å²) in [5.74, 6) is 0.0920. The second kappa shape index (κ2) is 5.23. The Morgan fingerprint density at radius 1 is 1.31 bits per heavy atom. The van der Waals surface area contributed by atoms with Gasteiger partial charge in [0.15, 0.2) is 0 Å². The summed E-state index contributed by atoms with van der Waals surface area (Å²) in [4.78, 5) is 27.9. The Hall–Kier alpha value is -1.20. The minimum atomic E-state index is -4.42. The topological polar surface area (TPSA) is 107 Å². The predicted octanol–water partition coefficient (Wildman–Crippen LogP) is 0.184. The average Bonchev–Trinajstić information content (AvgIpc) is 2.18. The third-order valence-electron chi connectivity index (χ3n) is 1.89. The van der Waals surface area contributed by atoms with Crippen LogP contribution in [0.1, 0.15) is 5.56 Å². The lowest BCUT2D eigenvalue weighted by Gasteiger charge is -2.13. The van der Waals surface area contributed by atoms with Crippen molar-refractivity contribution in [1.29, 1.82) is 0 Å². The molecule has 0 aliphatic rings. The third kappa shape index (κ3) is 4.55. The number of aldehydes is 1. The number of nitrogens with one attached hydrogen (secondary N) is 1. The fraction of sp³-hybridized carbons (Fsp3) is 0.222. The smallest absolute Gasteiger partial charge is 0.400 e. The largest absolute Gasteiger partial charge is 0.508 e. The molecule has 6 nitrogen and oxygen atoms in total. The number of hydrogen-bond donors (Lipinski definition) is 4. The van der Waals surface area contributed by atoms with Crippen LogP contribution in [-0.4, -0.2) is 27.2 Å². The summed E-state index contributed by atoms with van der Waals surface area (Å²) < 4.78 is 10.6. The van der Waals surface area contributed by atoms with Gasteiger partial charge in [0.05, 0.1) is 6.04 Å². The Kier molecular flexibility index (Phi) is 4.20. The van der Waals surface area contributed by atoms with Gasteiger partial charge in [-0.1, -0.05) is 12.1 Å². The SMILES string of the molecule is O=C[C@H](Cc1ccc(O)cc1)NP(=O)(O)O. The summed E-state index contributed by atoms with van der Waals surface area (Å²) >= 11 is 0. The van der Waals surface area contributed by atoms with E-state index in [0.717, 1.165) is 0 Å². The molecule has 0 aliphatic carbocycles. The monoisotopic (exact) mass is 245 g/mol. The first-order valence-electron chi connectivity index (χ1n) is 4.47. The van der Waals surface area contributed by atoms with Crippen molar-refractivity contribution in [1.82, 2.24) is 5.09 Å². The quantitative estimate of drug-likeness (QED) is 0.435. The molecule has 0 saturated heterocycles. The van der Waals surface area contributed by atoms with Crippen LogP contribution in [0.2, 0.25) is 0 Å². The van der Waals surface area contributed by atoms with Crippen molar-refractivity contribution < 1.29 is 24.3 Å². The molecule has 0 spiro atoms. The predicted molar refractivity (Wildman–Crippen MR) is 56.8 cm³/mol. The molecule has 0 heterocycles. The summed E-state index contributed by atoms with van der Waals surface area (Å²) in [6.07, 6.45) is 0.584. The van der Waals surface area contributed by atoms with Crippen molar-refractivity contribution in [2.45, 2.75) is 12.5 Å². The number of phenols is 1. The Labute approximate surface area is 92.1 Å². The Bertz CT molecular complexity index is 399. The molecule has 0 radical (unpaired) electrons. The Morgan fingerprint density at radius 3 is 2.31 bits per heavy atom. The molecule has 1 atom stereocenters. The number of rotatable bonds is 5. The molecule has 0 bridgehead atoms. The van der Waals surface area contributed by atoms with E-state index in [-0.39, 0.29) is 12.2 Å². The minimum Gasteiger partial charge on any atom is -0.508 e. The van der Waals surface area contributed by atoms with Crippen LogP contribution < -0.4 is 5.09 Å². The van der Waals surface area contributed by atoms with E-state index in [1.54, 1.807) is 12.1 Å². The first-order chi connectivity index (χ1) is 7.40. The molecular weight excluding hydrogens is 233 g/mol. The molecule has 1 aromatic carbocycles. The first-order valence-corrected chi connectivity index (χ1v) is 6.08. The zero-order valence-corrected chi connectivity index (χ0v) is 9.17. The molecule has 0 fully saturated rings. The first kappa shape index (κ1) is 12.9. The standard InChI is InChI=1S/C9H12NO5P/c11-6-8(10-16(13,14)15)5-7-1-3-9(12)4-2-7/h1-4,6,8,12H,5H2,(H3,10,13,14,15)/t8-/m0/s1. The molecule has 1 aromatic rings. The van der Waals surface area contributed by atoms with Gasteiger partial charge < -0.3 is 19.7 Å². The molecule has 88 valence electrons. The number of benzene rings is 1. The van der Waals surface area contributed by atoms with Crippen molar-refractivity contribution in [3.8, 4) is 5.75 Å². The molecule has 1 rings (SSSR count). The highest BCUT2D eigenvalue weighted by atomic mass is 31.2. The van der Waals surface area contributed by atoms with Crippen LogP contribution in [0.3, 0.4) is 0 Å². The zero-order valence-electron chi connectivity index (χ0n) is 8.28. The van der Waals surface area contributed by atoms with E-state index in [9.17, 15) is 9.36 Å². The van der Waals surface area contributed by atoms with Crippen LogP contribution in [0.4, 0.5) is 0 Å². The van der Waals surface area contributed by atoms with Gasteiger partial charge in [-0.15, -0.1) is 0 Å². The zero-order chi connectivity index (χ0) is 12.2. The van der Waals surface area contributed by atoms with Gasteiger partial charge in [-0.2, -0.15) is 0 Å². The van der Waals surface area contributed by atoms with Gasteiger partial charge in [0.25, 0.3) is 0 Å². The fourth-order valence-corrected chi connectivity index (χ4v) is 1.81. The number of phenolic OH excluding ortho intramolecular Hbond substituents is 1. The van der Waals surface area contributed by atoms with E-state index in [1.807, 2.05) is 5.09 Å². The van der Waals surface area contributed by atoms with Crippen LogP contribution >= 0.6 is 7.75 Å². The summed E-state index contributed by atoms with van der Waals surface area (Å²) in [5, 5.41) is 10.9. The van der Waals surface area contributed by atoms with Crippen LogP contribution in [0.15, 0.2) is 24.3 Å². The second-order valence-electron chi connectivity index (χ2n) is 3.29. The highest BCUT2D eigenvalue weighted by molar-refractivity contribution is 7.49. The van der Waals surface area contributed by atoms with Gasteiger partial charge in [-0.25, -0.2) is 9.65 Å². The normalized spacial score (nSPS) is 13.4. The van der Waals surface area contributed by atoms with E-state index in [2.05, 4.69) is 0 Å². The van der Waals surface area contributed by atoms with Crippen LogP contribution in [-0.2, 0) is 15.8 Å². The van der Waals surface area contributed by atoms with Gasteiger partial charge in [0.2, 0.25) is 0 Å². The molecule has 16 heavy (non-hydrogen) atoms. The van der Waals surface area contributed by atoms with Crippen molar-refractivity contribution in [2.75, 3.05) is 0 Å². The molecule has 0 unspecified atom stereocenters. The van der Waals surface area contributed by atoms with Crippen molar-refractivity contribution in [2.24, 2.45) is 0 Å². The molecule has 0 saturated carbocycles. The molecule has 0 amide bonds. The lowest BCUT2D eigenvalue weighted by molar-refractivity contribution is -0.109. The summed E-state index contributed by atoms with van der Waals surface area (Å²) in [5.41, 5.74) is 0.691. The van der Waals surface area contributed by atoms with E-state index in [1.165, 1.54) is 12.1 Å². The van der Waals surface area contributed by atoms with Gasteiger partial charge in [-0.3, -0.25) is 0 Å². The van der Waals surface area contributed by atoms with E-state index < -0.39 is 13.8 Å². The van der Waals surface area contributed by atoms with Gasteiger partial charge in [0.1, 0.15) is 12.0 Å². The summed E-state index contributed by atoms with van der Waals surface area (Å²) in [6, 6.07) is 5.08. The number of carbonyl (C=O) groups excluding carboxylic acids is 1. The number of carbonyl (C=O) groups is 1. The number of aromatic hydroxyl groups is 1. The Morgan fingerprint density at radius 2 is 1.88 bits per heavy atom. The molecule has 4 N–H and O–H groups in total. The van der Waals surface area contributed by atoms with E-state index in [4.69, 9.17) is 14.9 Å². The molecule has 0 aliphatic heterocycles. The average molecular weight is 245 g/mol. The molecular formula is C9H12NO5P. The van der Waals surface area contributed by atoms with E-state index in [0.29, 0.717) is 11.8 Å². The maximum atomic E-state index is 10.6. The lowest BCUT2D eigenvalue weighted by atomic mass is 10.1. The van der Waals surface area contributed by atoms with Crippen molar-refractivity contribution >= 4 is 14.0 Å². The molecule has 0 aromatic heterocycles. The van der Waals surface area contributed by atoms with Crippen molar-refractivity contribution in [3.63, 3.8) is 0 Å². The highest BCUT2D eigenvalue weighted by Crippen LogP contribution is 2.29. The Balaban J connectivity index is 2.67. The minimum absolute atomic E-state index is 0.0920. The highest BCUT2D eigenvalue weighted by Gasteiger charge is 2.19. The second-order valence-corrected chi connectivity index (χ2v) is 4.63. The maximum absolute atomic E-state index is 10.6. The van der Waals surface area contributed by atoms with Gasteiger partial charge in [0, 0.05) is 0 Å².